The van der Waals surface area contributed by atoms with Crippen molar-refractivity contribution in [3.63, 3.8) is 0 Å². The van der Waals surface area contributed by atoms with Gasteiger partial charge in [0.25, 0.3) is 5.91 Å². The van der Waals surface area contributed by atoms with Crippen molar-refractivity contribution in [3.05, 3.63) is 93.6 Å². The number of methoxy groups -OCH3 is 1. The molecule has 12 heteroatoms. The highest BCUT2D eigenvalue weighted by Gasteiger charge is 2.19. The van der Waals surface area contributed by atoms with E-state index in [9.17, 15) is 9.59 Å². The van der Waals surface area contributed by atoms with Crippen LogP contribution in [-0.4, -0.2) is 67.5 Å². The molecule has 3 heterocycles. The van der Waals surface area contributed by atoms with Gasteiger partial charge in [-0.05, 0) is 96.0 Å². The van der Waals surface area contributed by atoms with Crippen molar-refractivity contribution < 1.29 is 33.0 Å². The topological polar surface area (TPSA) is 117 Å². The molecule has 44 heavy (non-hydrogen) atoms. The zero-order chi connectivity index (χ0) is 31.1. The quantitative estimate of drug-likeness (QED) is 0.176. The Bertz CT molecular complexity index is 1620. The van der Waals surface area contributed by atoms with E-state index < -0.39 is 5.91 Å². The van der Waals surface area contributed by atoms with Gasteiger partial charge in [0.15, 0.2) is 23.9 Å². The van der Waals surface area contributed by atoms with Crippen LogP contribution in [0, 0.1) is 13.8 Å². The van der Waals surface area contributed by atoms with Crippen LogP contribution in [0.2, 0.25) is 0 Å². The normalized spacial score (nSPS) is 13.2. The van der Waals surface area contributed by atoms with E-state index in [1.54, 1.807) is 29.2 Å². The molecule has 0 bridgehead atoms. The van der Waals surface area contributed by atoms with Crippen LogP contribution in [0.3, 0.4) is 0 Å². The summed E-state index contributed by atoms with van der Waals surface area (Å²) in [7, 11) is 1.50. The van der Waals surface area contributed by atoms with E-state index in [2.05, 4.69) is 57.0 Å². The molecular formula is C32H33BrN4O7. The number of nitrogens with one attached hydrogen (secondary N) is 1. The molecule has 0 radical (unpaired) electrons. The van der Waals surface area contributed by atoms with E-state index in [1.165, 1.54) is 13.3 Å². The van der Waals surface area contributed by atoms with Crippen molar-refractivity contribution in [3.8, 4) is 22.9 Å². The molecule has 1 aliphatic rings. The number of amides is 2. The van der Waals surface area contributed by atoms with Gasteiger partial charge in [0.05, 0.1) is 31.0 Å². The lowest BCUT2D eigenvalue weighted by Gasteiger charge is -2.26. The molecule has 11 nitrogen and oxygen atoms in total. The number of aromatic nitrogens is 1. The molecule has 5 rings (SSSR count). The SMILES string of the molecule is COc1cc(/C=N/NC(=O)c2ccc(COc3ccc(-n4c(C)ccc4C)cc3)o2)cc(Br)c1OCC(=O)N1CCOCC1. The number of carbonyl (C=O) groups is 2. The second-order valence-electron chi connectivity index (χ2n) is 10.0. The van der Waals surface area contributed by atoms with Crippen molar-refractivity contribution in [1.82, 2.24) is 14.9 Å². The Morgan fingerprint density at radius 2 is 1.73 bits per heavy atom. The summed E-state index contributed by atoms with van der Waals surface area (Å²) in [5.74, 6) is 1.44. The van der Waals surface area contributed by atoms with Gasteiger partial charge in [0, 0.05) is 30.2 Å². The number of ether oxygens (including phenoxy) is 4. The van der Waals surface area contributed by atoms with Crippen molar-refractivity contribution in [1.29, 1.82) is 0 Å². The summed E-state index contributed by atoms with van der Waals surface area (Å²) in [5.41, 5.74) is 6.46. The summed E-state index contributed by atoms with van der Waals surface area (Å²) in [4.78, 5) is 26.7. The maximum atomic E-state index is 12.6. The number of rotatable bonds is 11. The van der Waals surface area contributed by atoms with E-state index in [1.807, 2.05) is 24.3 Å². The Morgan fingerprint density at radius 1 is 1.00 bits per heavy atom. The van der Waals surface area contributed by atoms with Gasteiger partial charge in [-0.1, -0.05) is 0 Å². The number of hydrazone groups is 1. The molecule has 2 amide bonds. The Balaban J connectivity index is 1.12. The highest BCUT2D eigenvalue weighted by molar-refractivity contribution is 9.10. The van der Waals surface area contributed by atoms with Crippen LogP contribution in [0.15, 0.2) is 74.7 Å². The van der Waals surface area contributed by atoms with E-state index in [0.29, 0.717) is 59.3 Å². The summed E-state index contributed by atoms with van der Waals surface area (Å²) in [5, 5.41) is 4.04. The lowest BCUT2D eigenvalue weighted by molar-refractivity contribution is -0.137. The predicted octanol–water partition coefficient (Wildman–Crippen LogP) is 5.04. The third kappa shape index (κ3) is 7.50. The molecule has 0 unspecified atom stereocenters. The Kier molecular flexibility index (Phi) is 10.0. The minimum atomic E-state index is -0.512. The first-order valence-corrected chi connectivity index (χ1v) is 14.8. The molecule has 0 spiro atoms. The average molecular weight is 666 g/mol. The third-order valence-electron chi connectivity index (χ3n) is 6.97. The molecule has 1 saturated heterocycles. The Labute approximate surface area is 263 Å². The number of hydrogen-bond donors (Lipinski definition) is 1. The first kappa shape index (κ1) is 30.9. The van der Waals surface area contributed by atoms with Crippen LogP contribution in [0.25, 0.3) is 5.69 Å². The summed E-state index contributed by atoms with van der Waals surface area (Å²) >= 11 is 3.47. The van der Waals surface area contributed by atoms with E-state index in [-0.39, 0.29) is 24.9 Å². The minimum absolute atomic E-state index is 0.0992. The number of aryl methyl sites for hydroxylation is 2. The molecule has 1 N–H and O–H groups in total. The molecule has 4 aromatic rings. The van der Waals surface area contributed by atoms with Crippen molar-refractivity contribution >= 4 is 34.0 Å². The standard InChI is InChI=1S/C32H33BrN4O7/c1-21-4-5-22(2)37(21)24-6-8-25(9-7-24)42-19-26-10-11-28(44-26)32(39)35-34-18-23-16-27(33)31(29(17-23)40-3)43-20-30(38)36-12-14-41-15-13-36/h4-11,16-18H,12-15,19-20H2,1-3H3,(H,35,39)/b34-18+. The van der Waals surface area contributed by atoms with Gasteiger partial charge in [0.1, 0.15) is 18.1 Å². The third-order valence-corrected chi connectivity index (χ3v) is 7.56. The largest absolute Gasteiger partial charge is 0.493 e. The maximum absolute atomic E-state index is 12.6. The zero-order valence-corrected chi connectivity index (χ0v) is 26.3. The monoisotopic (exact) mass is 664 g/mol. The summed E-state index contributed by atoms with van der Waals surface area (Å²) in [6.07, 6.45) is 1.46. The van der Waals surface area contributed by atoms with Crippen LogP contribution in [0.4, 0.5) is 0 Å². The lowest BCUT2D eigenvalue weighted by Crippen LogP contribution is -2.43. The Hall–Kier alpha value is -4.55. The summed E-state index contributed by atoms with van der Waals surface area (Å²) < 4.78 is 30.7. The number of nitrogens with zero attached hydrogens (tertiary/aromatic N) is 3. The number of hydrogen-bond acceptors (Lipinski definition) is 8. The zero-order valence-electron chi connectivity index (χ0n) is 24.7. The van der Waals surface area contributed by atoms with Crippen LogP contribution < -0.4 is 19.6 Å². The van der Waals surface area contributed by atoms with E-state index in [4.69, 9.17) is 23.4 Å². The summed E-state index contributed by atoms with van der Waals surface area (Å²) in [6, 6.07) is 18.6. The Morgan fingerprint density at radius 3 is 2.43 bits per heavy atom. The average Bonchev–Trinajstić information content (AvgIpc) is 3.65. The number of benzene rings is 2. The minimum Gasteiger partial charge on any atom is -0.493 e. The number of morpholine rings is 1. The lowest BCUT2D eigenvalue weighted by atomic mass is 10.2. The number of furan rings is 1. The van der Waals surface area contributed by atoms with Crippen LogP contribution >= 0.6 is 15.9 Å². The first-order valence-electron chi connectivity index (χ1n) is 14.0. The number of halogens is 1. The van der Waals surface area contributed by atoms with Gasteiger partial charge in [-0.2, -0.15) is 5.10 Å². The highest BCUT2D eigenvalue weighted by atomic mass is 79.9. The van der Waals surface area contributed by atoms with Crippen LogP contribution in [0.1, 0.15) is 33.3 Å². The molecule has 2 aromatic carbocycles. The smallest absolute Gasteiger partial charge is 0.307 e. The molecule has 1 aliphatic heterocycles. The second-order valence-corrected chi connectivity index (χ2v) is 10.9. The maximum Gasteiger partial charge on any atom is 0.307 e. The fourth-order valence-electron chi connectivity index (χ4n) is 4.71. The highest BCUT2D eigenvalue weighted by Crippen LogP contribution is 2.36. The van der Waals surface area contributed by atoms with Gasteiger partial charge in [-0.25, -0.2) is 5.43 Å². The van der Waals surface area contributed by atoms with Crippen LogP contribution in [0.5, 0.6) is 17.2 Å². The second kappa shape index (κ2) is 14.3. The predicted molar refractivity (Wildman–Crippen MR) is 167 cm³/mol. The van der Waals surface area contributed by atoms with E-state index in [0.717, 1.165) is 17.1 Å². The molecule has 0 aliphatic carbocycles. The molecule has 1 fully saturated rings. The fraction of sp³-hybridized carbons (Fsp3) is 0.281. The van der Waals surface area contributed by atoms with Crippen LogP contribution in [-0.2, 0) is 16.1 Å². The van der Waals surface area contributed by atoms with E-state index >= 15 is 0 Å². The fourth-order valence-corrected chi connectivity index (χ4v) is 5.29. The van der Waals surface area contributed by atoms with Crippen molar-refractivity contribution in [2.45, 2.75) is 20.5 Å². The van der Waals surface area contributed by atoms with Crippen molar-refractivity contribution in [2.24, 2.45) is 5.10 Å². The van der Waals surface area contributed by atoms with Gasteiger partial charge in [0.2, 0.25) is 0 Å². The molecule has 2 aromatic heterocycles. The van der Waals surface area contributed by atoms with Gasteiger partial charge in [-0.3, -0.25) is 9.59 Å². The van der Waals surface area contributed by atoms with Crippen molar-refractivity contribution in [2.75, 3.05) is 40.0 Å². The first-order chi connectivity index (χ1) is 21.3. The number of carbonyl (C=O) groups excluding carboxylic acids is 2. The summed E-state index contributed by atoms with van der Waals surface area (Å²) in [6.45, 7) is 6.28. The molecule has 230 valence electrons. The van der Waals surface area contributed by atoms with Gasteiger partial charge in [-0.15, -0.1) is 0 Å². The molecule has 0 saturated carbocycles. The van der Waals surface area contributed by atoms with Gasteiger partial charge >= 0.3 is 5.91 Å². The molecular weight excluding hydrogens is 632 g/mol. The molecule has 0 atom stereocenters. The van der Waals surface area contributed by atoms with Gasteiger partial charge < -0.3 is 32.8 Å².